The Morgan fingerprint density at radius 1 is 1.45 bits per heavy atom. The summed E-state index contributed by atoms with van der Waals surface area (Å²) in [6.45, 7) is 0.468. The second kappa shape index (κ2) is 5.47. The number of ether oxygens (including phenoxy) is 1. The molecule has 0 saturated heterocycles. The van der Waals surface area contributed by atoms with E-state index in [2.05, 4.69) is 5.16 Å². The molecule has 0 atom stereocenters. The van der Waals surface area contributed by atoms with E-state index in [1.165, 1.54) is 30.2 Å². The van der Waals surface area contributed by atoms with Crippen molar-refractivity contribution in [3.8, 4) is 5.88 Å². The fraction of sp³-hybridized carbons (Fsp3) is 0.286. The van der Waals surface area contributed by atoms with Crippen molar-refractivity contribution in [2.45, 2.75) is 12.8 Å². The van der Waals surface area contributed by atoms with Crippen molar-refractivity contribution < 1.29 is 19.0 Å². The van der Waals surface area contributed by atoms with Gasteiger partial charge in [-0.2, -0.15) is 0 Å². The summed E-state index contributed by atoms with van der Waals surface area (Å²) in [4.78, 5) is 24.5. The van der Waals surface area contributed by atoms with Gasteiger partial charge in [0.2, 0.25) is 5.76 Å². The molecule has 22 heavy (non-hydrogen) atoms. The zero-order chi connectivity index (χ0) is 15.7. The molecule has 0 radical (unpaired) electrons. The number of benzene rings is 1. The molecule has 0 aliphatic carbocycles. The van der Waals surface area contributed by atoms with Crippen LogP contribution in [0.25, 0.3) is 0 Å². The predicted octanol–water partition coefficient (Wildman–Crippen LogP) is 2.18. The quantitative estimate of drug-likeness (QED) is 0.636. The number of methoxy groups -OCH3 is 1. The molecule has 0 unspecified atom stereocenters. The molecular formula is C14H13N3O5. The second-order valence-electron chi connectivity index (χ2n) is 4.86. The number of fused-ring (bicyclic) bond motifs is 1. The lowest BCUT2D eigenvalue weighted by Gasteiger charge is -2.28. The fourth-order valence-corrected chi connectivity index (χ4v) is 2.48. The number of hydrogen-bond acceptors (Lipinski definition) is 6. The number of hydrogen-bond donors (Lipinski definition) is 0. The number of non-ortho nitro benzene ring substituents is 1. The standard InChI is InChI=1S/C14H13N3O5/c1-21-13-8-12(22-15-13)14(18)16-6-2-3-9-4-5-10(17(19)20)7-11(9)16/h4-5,7-8H,2-3,6H2,1H3. The first-order chi connectivity index (χ1) is 10.6. The highest BCUT2D eigenvalue weighted by Gasteiger charge is 2.28. The highest BCUT2D eigenvalue weighted by atomic mass is 16.6. The van der Waals surface area contributed by atoms with Crippen molar-refractivity contribution in [3.63, 3.8) is 0 Å². The monoisotopic (exact) mass is 303 g/mol. The highest BCUT2D eigenvalue weighted by molar-refractivity contribution is 6.05. The number of carbonyl (C=O) groups excluding carboxylic acids is 1. The molecule has 1 aliphatic heterocycles. The molecule has 3 rings (SSSR count). The Hall–Kier alpha value is -2.90. The molecule has 2 aromatic rings. The number of anilines is 1. The third-order valence-corrected chi connectivity index (χ3v) is 3.55. The Morgan fingerprint density at radius 2 is 2.27 bits per heavy atom. The average Bonchev–Trinajstić information content (AvgIpc) is 3.02. The Balaban J connectivity index is 1.97. The molecule has 0 spiro atoms. The third-order valence-electron chi connectivity index (χ3n) is 3.55. The largest absolute Gasteiger partial charge is 0.479 e. The van der Waals surface area contributed by atoms with E-state index in [0.29, 0.717) is 12.2 Å². The molecule has 2 heterocycles. The summed E-state index contributed by atoms with van der Waals surface area (Å²) in [5, 5.41) is 14.5. The van der Waals surface area contributed by atoms with E-state index in [9.17, 15) is 14.9 Å². The minimum absolute atomic E-state index is 0.0382. The van der Waals surface area contributed by atoms with Crippen molar-refractivity contribution in [1.29, 1.82) is 0 Å². The molecule has 0 fully saturated rings. The minimum atomic E-state index is -0.477. The van der Waals surface area contributed by atoms with E-state index < -0.39 is 10.8 Å². The van der Waals surface area contributed by atoms with E-state index in [1.807, 2.05) is 0 Å². The first-order valence-corrected chi connectivity index (χ1v) is 6.70. The van der Waals surface area contributed by atoms with Gasteiger partial charge in [-0.05, 0) is 23.6 Å². The smallest absolute Gasteiger partial charge is 0.297 e. The summed E-state index contributed by atoms with van der Waals surface area (Å²) < 4.78 is 9.85. The fourth-order valence-electron chi connectivity index (χ4n) is 2.48. The number of nitro benzene ring substituents is 1. The molecule has 1 aromatic heterocycles. The molecule has 0 bridgehead atoms. The molecule has 0 N–H and O–H groups in total. The lowest BCUT2D eigenvalue weighted by Crippen LogP contribution is -2.35. The van der Waals surface area contributed by atoms with Gasteiger partial charge in [-0.3, -0.25) is 14.9 Å². The molecular weight excluding hydrogens is 290 g/mol. The number of aryl methyl sites for hydroxylation is 1. The summed E-state index contributed by atoms with van der Waals surface area (Å²) >= 11 is 0. The minimum Gasteiger partial charge on any atom is -0.479 e. The van der Waals surface area contributed by atoms with Crippen molar-refractivity contribution in [2.75, 3.05) is 18.6 Å². The number of rotatable bonds is 3. The number of nitro groups is 1. The van der Waals surface area contributed by atoms with Gasteiger partial charge in [-0.1, -0.05) is 6.07 Å². The number of carbonyl (C=O) groups is 1. The van der Waals surface area contributed by atoms with Crippen LogP contribution in [0.5, 0.6) is 5.88 Å². The van der Waals surface area contributed by atoms with Crippen LogP contribution in [-0.4, -0.2) is 29.6 Å². The van der Waals surface area contributed by atoms with Gasteiger partial charge < -0.3 is 14.2 Å². The number of amides is 1. The van der Waals surface area contributed by atoms with Crippen molar-refractivity contribution in [2.24, 2.45) is 0 Å². The highest BCUT2D eigenvalue weighted by Crippen LogP contribution is 2.32. The van der Waals surface area contributed by atoms with Gasteiger partial charge in [0.25, 0.3) is 17.5 Å². The van der Waals surface area contributed by atoms with Gasteiger partial charge in [0.15, 0.2) is 0 Å². The maximum absolute atomic E-state index is 12.5. The van der Waals surface area contributed by atoms with Gasteiger partial charge in [0, 0.05) is 18.7 Å². The van der Waals surface area contributed by atoms with Gasteiger partial charge in [0.1, 0.15) is 0 Å². The van der Waals surface area contributed by atoms with E-state index in [1.54, 1.807) is 6.07 Å². The van der Waals surface area contributed by atoms with Crippen LogP contribution in [-0.2, 0) is 6.42 Å². The number of aromatic nitrogens is 1. The molecule has 0 saturated carbocycles. The van der Waals surface area contributed by atoms with E-state index in [0.717, 1.165) is 18.4 Å². The van der Waals surface area contributed by atoms with Crippen molar-refractivity contribution >= 4 is 17.3 Å². The first kappa shape index (κ1) is 14.1. The molecule has 8 nitrogen and oxygen atoms in total. The third kappa shape index (κ3) is 2.39. The summed E-state index contributed by atoms with van der Waals surface area (Å²) in [5.74, 6) is -0.145. The SMILES string of the molecule is COc1cc(C(=O)N2CCCc3ccc([N+](=O)[O-])cc32)on1. The second-order valence-corrected chi connectivity index (χ2v) is 4.86. The van der Waals surface area contributed by atoms with E-state index >= 15 is 0 Å². The summed E-state index contributed by atoms with van der Waals surface area (Å²) in [6.07, 6.45) is 1.55. The van der Waals surface area contributed by atoms with Crippen LogP contribution >= 0.6 is 0 Å². The Morgan fingerprint density at radius 3 is 2.95 bits per heavy atom. The van der Waals surface area contributed by atoms with Crippen LogP contribution in [0.1, 0.15) is 22.5 Å². The Bertz CT molecular complexity index is 740. The Kier molecular flexibility index (Phi) is 3.50. The summed E-state index contributed by atoms with van der Waals surface area (Å²) in [5.41, 5.74) is 1.39. The number of nitrogens with zero attached hydrogens (tertiary/aromatic N) is 3. The van der Waals surface area contributed by atoms with E-state index in [-0.39, 0.29) is 17.3 Å². The molecule has 1 amide bonds. The predicted molar refractivity (Wildman–Crippen MR) is 76.1 cm³/mol. The Labute approximate surface area is 125 Å². The normalized spacial score (nSPS) is 13.6. The molecule has 114 valence electrons. The summed E-state index contributed by atoms with van der Waals surface area (Å²) in [6, 6.07) is 5.95. The van der Waals surface area contributed by atoms with Gasteiger partial charge in [0.05, 0.1) is 23.8 Å². The zero-order valence-electron chi connectivity index (χ0n) is 11.8. The van der Waals surface area contributed by atoms with Crippen molar-refractivity contribution in [1.82, 2.24) is 5.16 Å². The van der Waals surface area contributed by atoms with Crippen LogP contribution in [0.4, 0.5) is 11.4 Å². The van der Waals surface area contributed by atoms with Gasteiger partial charge >= 0.3 is 0 Å². The van der Waals surface area contributed by atoms with Gasteiger partial charge in [-0.25, -0.2) is 0 Å². The van der Waals surface area contributed by atoms with E-state index in [4.69, 9.17) is 9.26 Å². The molecule has 8 heteroatoms. The lowest BCUT2D eigenvalue weighted by atomic mass is 10.0. The maximum Gasteiger partial charge on any atom is 0.297 e. The summed E-state index contributed by atoms with van der Waals surface area (Å²) in [7, 11) is 1.42. The van der Waals surface area contributed by atoms with Crippen molar-refractivity contribution in [3.05, 3.63) is 45.7 Å². The van der Waals surface area contributed by atoms with Crippen LogP contribution < -0.4 is 9.64 Å². The van der Waals surface area contributed by atoms with Crippen LogP contribution in [0.15, 0.2) is 28.8 Å². The first-order valence-electron chi connectivity index (χ1n) is 6.70. The van der Waals surface area contributed by atoms with Crippen LogP contribution in [0.2, 0.25) is 0 Å². The maximum atomic E-state index is 12.5. The zero-order valence-corrected chi connectivity index (χ0v) is 11.8. The van der Waals surface area contributed by atoms with Gasteiger partial charge in [-0.15, -0.1) is 0 Å². The lowest BCUT2D eigenvalue weighted by molar-refractivity contribution is -0.384. The molecule has 1 aliphatic rings. The topological polar surface area (TPSA) is 98.7 Å². The molecule has 1 aromatic carbocycles. The average molecular weight is 303 g/mol. The van der Waals surface area contributed by atoms with Crippen LogP contribution in [0.3, 0.4) is 0 Å². The van der Waals surface area contributed by atoms with Crippen LogP contribution in [0, 0.1) is 10.1 Å².